The molecule has 14 N–H and O–H groups in total. The van der Waals surface area contributed by atoms with Crippen LogP contribution in [-0.2, 0) is 87.6 Å². The number of allylic oxidation sites excluding steroid dienone is 2. The number of nitrogens with one attached hydrogen (secondary N) is 5. The number of hydroxylamine groups is 1. The van der Waals surface area contributed by atoms with Gasteiger partial charge in [-0.2, -0.15) is 5.48 Å². The number of ketones is 3. The number of rotatable bonds is 43. The van der Waals surface area contributed by atoms with Gasteiger partial charge in [0.05, 0.1) is 103 Å². The quantitative estimate of drug-likeness (QED) is 0.00676. The lowest BCUT2D eigenvalue weighted by Gasteiger charge is -2.60. The second kappa shape index (κ2) is 49.3. The number of benzene rings is 2. The van der Waals surface area contributed by atoms with E-state index >= 15 is 0 Å². The molecule has 10 rings (SSSR count). The summed E-state index contributed by atoms with van der Waals surface area (Å²) in [6.45, 7) is 17.0. The molecule has 2 aromatic rings. The van der Waals surface area contributed by atoms with Gasteiger partial charge in [-0.1, -0.05) is 95.5 Å². The fourth-order valence-electron chi connectivity index (χ4n) is 18.3. The topological polar surface area (TPSA) is 499 Å². The second-order valence-electron chi connectivity index (χ2n) is 34.6. The number of nitrogens with two attached hydrogens (primary N) is 2. The standard InChI is InChI=1S/C91H129IN8O28S3/c1-15-100(89(113)121-44-53-24-26-56(27-25-53)97-83(109)55(22-19-34-96-88(94)112)39-61(102)72(46(2)3)98-84(110)54(38-48(5)101)21-16-17-33-93)60-45-120-67(42-65(60)115-10)126-80-75(107)73(99-128-68-41-62(103)82(52(9)122-68)130-85(111)69-49(6)71(92)78(81(119-14)77(69)117-12)127-86-76(108)79(118-13)74(106)51(8)124-86)50(7)123-87(80)125-64-23-18-20-47(4)28-32-90-59(40-66(105)116-11)63(104)43-91(90,114)58(70(64)90)31-37-129-131-57-29-35-95-36-30-57/h20,24-27,31,46,50-52,54-55,57,59-60,62,64-65,67-68,70,72-76,79-80,82,86-87,95,99,103,106-108,114H,15-17,19,21-22,29-30,33-45,93H2,1-14H3,(H,97,109)(H,98,110)(H3,94,96,112)/b47-20-,58-31+/t50-,51+,52-,54-,55-,59?,60+,62+,64+,65+,67+,68+,70?,72+,73-,74+,75+,76-,79-,80-,82-,86+,87+,90?,91+/m1/s1. The van der Waals surface area contributed by atoms with Crippen LogP contribution in [0.15, 0.2) is 47.6 Å². The first-order valence-corrected chi connectivity index (χ1v) is 48.9. The number of Topliss-reactive ketones (excluding diaryl/α,β-unsaturated/α-hetero) is 3. The van der Waals surface area contributed by atoms with E-state index in [1.807, 2.05) is 28.7 Å². The van der Waals surface area contributed by atoms with Crippen LogP contribution in [0.5, 0.6) is 17.2 Å². The summed E-state index contributed by atoms with van der Waals surface area (Å²) in [5.74, 6) is 6.50. The molecule has 3 aliphatic carbocycles. The van der Waals surface area contributed by atoms with Gasteiger partial charge in [0.25, 0.3) is 0 Å². The lowest BCUT2D eigenvalue weighted by molar-refractivity contribution is -0.343. The number of hydrogen-bond donors (Lipinski definition) is 12. The summed E-state index contributed by atoms with van der Waals surface area (Å²) < 4.78 is 80.7. The van der Waals surface area contributed by atoms with Crippen molar-refractivity contribution in [3.63, 3.8) is 0 Å². The van der Waals surface area contributed by atoms with Crippen molar-refractivity contribution in [2.75, 3.05) is 85.9 Å². The number of amides is 5. The Morgan fingerprint density at radius 2 is 1.53 bits per heavy atom. The van der Waals surface area contributed by atoms with Crippen LogP contribution in [-0.4, -0.2) is 290 Å². The highest BCUT2D eigenvalue weighted by Crippen LogP contribution is 2.70. The molecular formula is C91H129IN8O28S3. The number of hydrogen-bond acceptors (Lipinski definition) is 34. The molecule has 0 radical (unpaired) electrons. The number of piperidine rings is 1. The number of ether oxygens (including phenoxy) is 13. The lowest BCUT2D eigenvalue weighted by Crippen LogP contribution is -2.69. The Labute approximate surface area is 790 Å². The van der Waals surface area contributed by atoms with Crippen LogP contribution in [0, 0.1) is 69.2 Å². The number of esters is 1. The van der Waals surface area contributed by atoms with Crippen molar-refractivity contribution < 1.29 is 135 Å². The lowest BCUT2D eigenvalue weighted by atomic mass is 9.44. The van der Waals surface area contributed by atoms with Crippen molar-refractivity contribution >= 4 is 114 Å². The molecule has 726 valence electrons. The molecule has 3 unspecified atom stereocenters. The van der Waals surface area contributed by atoms with Crippen LogP contribution in [0.25, 0.3) is 0 Å². The molecule has 5 aliphatic heterocycles. The van der Waals surface area contributed by atoms with Crippen molar-refractivity contribution in [1.29, 1.82) is 0 Å². The normalized spacial score (nSPS) is 31.4. The molecule has 2 aromatic carbocycles. The Bertz CT molecular complexity index is 4500. The van der Waals surface area contributed by atoms with E-state index in [2.05, 4.69) is 50.4 Å². The molecule has 1 spiro atoms. The minimum absolute atomic E-state index is 0.00162. The number of carbonyl (C=O) groups excluding carboxylic acids is 9. The fraction of sp³-hybridized carbons (Fsp3) is 0.681. The summed E-state index contributed by atoms with van der Waals surface area (Å²) in [7, 11) is 10.0. The van der Waals surface area contributed by atoms with E-state index in [1.165, 1.54) is 47.4 Å². The molecule has 2 saturated carbocycles. The summed E-state index contributed by atoms with van der Waals surface area (Å²) in [5, 5.41) is 70.9. The molecule has 5 amide bonds. The van der Waals surface area contributed by atoms with Gasteiger partial charge in [-0.3, -0.25) is 33.6 Å². The van der Waals surface area contributed by atoms with Crippen LogP contribution >= 0.6 is 55.9 Å². The first-order valence-electron chi connectivity index (χ1n) is 44.5. The summed E-state index contributed by atoms with van der Waals surface area (Å²) in [6, 6.07) is 2.78. The van der Waals surface area contributed by atoms with E-state index in [0.29, 0.717) is 68.3 Å². The Kier molecular flexibility index (Phi) is 39.9. The molecule has 131 heavy (non-hydrogen) atoms. The highest BCUT2D eigenvalue weighted by atomic mass is 127. The molecule has 40 heteroatoms. The first kappa shape index (κ1) is 106. The third-order valence-electron chi connectivity index (χ3n) is 25.4. The predicted molar refractivity (Wildman–Crippen MR) is 492 cm³/mol. The van der Waals surface area contributed by atoms with Gasteiger partial charge in [0, 0.05) is 105 Å². The summed E-state index contributed by atoms with van der Waals surface area (Å²) in [4.78, 5) is 131. The average molecular weight is 2010 g/mol. The zero-order valence-corrected chi connectivity index (χ0v) is 81.2. The van der Waals surface area contributed by atoms with Crippen LogP contribution < -0.4 is 52.4 Å². The molecule has 25 atom stereocenters. The van der Waals surface area contributed by atoms with Crippen LogP contribution in [0.1, 0.15) is 160 Å². The summed E-state index contributed by atoms with van der Waals surface area (Å²) >= 11 is 2.79. The van der Waals surface area contributed by atoms with Crippen molar-refractivity contribution in [2.45, 2.75) is 279 Å². The van der Waals surface area contributed by atoms with E-state index in [9.17, 15) is 68.7 Å². The zero-order chi connectivity index (χ0) is 95.5. The van der Waals surface area contributed by atoms with Crippen LogP contribution in [0.4, 0.5) is 15.3 Å². The Morgan fingerprint density at radius 3 is 2.18 bits per heavy atom. The van der Waals surface area contributed by atoms with Crippen molar-refractivity contribution in [1.82, 2.24) is 26.3 Å². The number of aliphatic hydroxyl groups excluding tert-OH is 4. The number of anilines is 1. The van der Waals surface area contributed by atoms with E-state index in [0.717, 1.165) is 37.7 Å². The molecule has 8 aliphatic rings. The molecular weight excluding hydrogens is 1880 g/mol. The summed E-state index contributed by atoms with van der Waals surface area (Å²) in [5.41, 5.74) is 12.7. The number of likely N-dealkylation sites (N-methyl/N-ethyl adjacent to an activating group) is 1. The largest absolute Gasteiger partial charge is 0.492 e. The number of carbonyl (C=O) groups is 9. The molecule has 5 saturated heterocycles. The van der Waals surface area contributed by atoms with E-state index in [-0.39, 0.29) is 106 Å². The zero-order valence-electron chi connectivity index (χ0n) is 76.6. The summed E-state index contributed by atoms with van der Waals surface area (Å²) in [6.07, 6.45) is -12.9. The number of aliphatic hydroxyl groups is 5. The predicted octanol–water partition coefficient (Wildman–Crippen LogP) is 6.12. The fourth-order valence-corrected chi connectivity index (χ4v) is 22.7. The number of methoxy groups -OCH3 is 5. The van der Waals surface area contributed by atoms with E-state index in [4.69, 9.17) is 77.9 Å². The minimum atomic E-state index is -1.89. The number of unbranched alkanes of at least 4 members (excludes halogenated alkanes) is 1. The van der Waals surface area contributed by atoms with Crippen molar-refractivity contribution in [3.05, 3.63) is 67.8 Å². The van der Waals surface area contributed by atoms with Gasteiger partial charge < -0.3 is 130 Å². The smallest absolute Gasteiger partial charge is 0.410 e. The first-order chi connectivity index (χ1) is 62.5. The van der Waals surface area contributed by atoms with Gasteiger partial charge in [-0.15, -0.1) is 0 Å². The molecule has 0 bridgehead atoms. The highest BCUT2D eigenvalue weighted by molar-refractivity contribution is 14.1. The number of halogens is 1. The third-order valence-corrected chi connectivity index (χ3v) is 30.9. The van der Waals surface area contributed by atoms with Gasteiger partial charge in [0.2, 0.25) is 29.0 Å². The van der Waals surface area contributed by atoms with Gasteiger partial charge in [0.15, 0.2) is 36.2 Å². The number of urea groups is 1. The molecule has 7 fully saturated rings. The average Bonchev–Trinajstić information content (AvgIpc) is 1.52. The Hall–Kier alpha value is -6.83. The second-order valence-corrected chi connectivity index (χ2v) is 39.5. The van der Waals surface area contributed by atoms with E-state index < -0.39 is 203 Å². The SMILES string of the molecule is CCN(C(=O)OCc1ccc(NC(=O)[C@H](CCCNC(N)=O)CC(=O)[C@@H](NC(=O)[C@H](CCCCN)CC(C)=O)C(C)C)cc1)[C@H]1CO[C@@H](O[C@H]2[C@H](O[C@H]3C#C/C=C(/C)C#CC45C(CC(=O)OC)C(=O)C[C@]4(O)/C(=C/CSSC4CCNCC4)C35)O[C@H](C)[C@@H](NO[C@H]3C[C@H](O)[C@H](SC(=O)c4c(C)c(I)c(O[C@@H]5O[C@@H](C)[C@H](O)[C@@H](OC)[C@H]5O)c(OC)c4OC)[C@@H](C)O3)[C@@H]2O)C[C@@H]1OC. The maximum Gasteiger partial charge on any atom is 0.410 e. The maximum absolute atomic E-state index is 14.7. The number of thioether (sulfide) groups is 1. The van der Waals surface area contributed by atoms with Crippen molar-refractivity contribution in [2.24, 2.45) is 46.5 Å². The van der Waals surface area contributed by atoms with E-state index in [1.54, 1.807) is 107 Å². The van der Waals surface area contributed by atoms with Gasteiger partial charge >= 0.3 is 18.1 Å². The molecule has 36 nitrogen and oxygen atoms in total. The van der Waals surface area contributed by atoms with Gasteiger partial charge in [-0.05, 0) is 170 Å². The molecule has 5 heterocycles. The third kappa shape index (κ3) is 25.7. The van der Waals surface area contributed by atoms with Crippen molar-refractivity contribution in [3.8, 4) is 40.9 Å². The Morgan fingerprint density at radius 1 is 0.824 bits per heavy atom. The van der Waals surface area contributed by atoms with Gasteiger partial charge in [-0.25, -0.2) is 9.59 Å². The highest BCUT2D eigenvalue weighted by Gasteiger charge is 2.78. The van der Waals surface area contributed by atoms with Crippen LogP contribution in [0.3, 0.4) is 0 Å². The maximum atomic E-state index is 14.7. The van der Waals surface area contributed by atoms with Crippen LogP contribution in [0.2, 0.25) is 0 Å². The minimum Gasteiger partial charge on any atom is -0.492 e. The number of primary amides is 1. The van der Waals surface area contributed by atoms with Gasteiger partial charge in [0.1, 0.15) is 60.4 Å². The number of nitrogens with zero attached hydrogens (tertiary/aromatic N) is 1. The monoisotopic (exact) mass is 2000 g/mol. The molecule has 0 aromatic heterocycles. The Balaban J connectivity index is 0.859.